The van der Waals surface area contributed by atoms with E-state index in [0.717, 1.165) is 54.9 Å². The predicted molar refractivity (Wildman–Crippen MR) is 162 cm³/mol. The van der Waals surface area contributed by atoms with Crippen LogP contribution >= 0.6 is 46.7 Å². The molecule has 4 aromatic heterocycles. The van der Waals surface area contributed by atoms with Crippen molar-refractivity contribution in [1.29, 1.82) is 0 Å². The predicted octanol–water partition coefficient (Wildman–Crippen LogP) is 7.80. The first-order valence-corrected chi connectivity index (χ1v) is 14.9. The van der Waals surface area contributed by atoms with Crippen LogP contribution in [0.3, 0.4) is 0 Å². The van der Waals surface area contributed by atoms with Gasteiger partial charge in [-0.05, 0) is 47.5 Å². The molecule has 0 amide bonds. The second-order valence-corrected chi connectivity index (χ2v) is 11.4. The number of hydrogen-bond acceptors (Lipinski definition) is 8. The Labute approximate surface area is 248 Å². The number of benzene rings is 2. The monoisotopic (exact) mass is 608 g/mol. The van der Waals surface area contributed by atoms with Gasteiger partial charge in [-0.15, -0.1) is 0 Å². The van der Waals surface area contributed by atoms with Crippen LogP contribution in [0.4, 0.5) is 0 Å². The van der Waals surface area contributed by atoms with Gasteiger partial charge in [0.25, 0.3) is 0 Å². The van der Waals surface area contributed by atoms with Crippen molar-refractivity contribution in [3.63, 3.8) is 0 Å². The third kappa shape index (κ3) is 5.44. The van der Waals surface area contributed by atoms with E-state index in [-0.39, 0.29) is 0 Å². The molecule has 0 aliphatic rings. The molecule has 0 saturated carbocycles. The molecule has 6 aromatic rings. The Kier molecular flexibility index (Phi) is 7.75. The number of imidazole rings is 2. The van der Waals surface area contributed by atoms with E-state index >= 15 is 0 Å². The topological polar surface area (TPSA) is 102 Å². The molecule has 8 nitrogen and oxygen atoms in total. The number of ether oxygens (including phenoxy) is 2. The minimum absolute atomic E-state index is 0.542. The standard InChI is InChI=1S/C28H22Cl2N6O2S2/c1-37-25-17(29)7-9-31-23(25)13-39-27-33-19-5-3-15(11-21(19)35-27)16-4-6-20-22(12-16)36-28(34-20)40-14-24-26(38-2)18(30)8-10-32-24/h3-12H,13-14H2,1-2H3,(H,33,35)(H,34,36). The van der Waals surface area contributed by atoms with Crippen LogP contribution in [0.25, 0.3) is 33.2 Å². The van der Waals surface area contributed by atoms with E-state index in [4.69, 9.17) is 42.6 Å². The number of nitrogens with zero attached hydrogens (tertiary/aromatic N) is 4. The molecule has 2 aromatic carbocycles. The molecule has 0 unspecified atom stereocenters. The maximum atomic E-state index is 6.23. The maximum Gasteiger partial charge on any atom is 0.166 e. The van der Waals surface area contributed by atoms with Crippen LogP contribution in [-0.2, 0) is 11.5 Å². The van der Waals surface area contributed by atoms with Gasteiger partial charge < -0.3 is 19.4 Å². The number of H-pyrrole nitrogens is 2. The summed E-state index contributed by atoms with van der Waals surface area (Å²) < 4.78 is 10.8. The van der Waals surface area contributed by atoms with Crippen LogP contribution in [0, 0.1) is 0 Å². The lowest BCUT2D eigenvalue weighted by Gasteiger charge is -2.07. The maximum absolute atomic E-state index is 6.23. The average Bonchev–Trinajstić information content (AvgIpc) is 3.57. The van der Waals surface area contributed by atoms with Crippen molar-refractivity contribution in [1.82, 2.24) is 29.9 Å². The number of aromatic nitrogens is 6. The zero-order valence-electron chi connectivity index (χ0n) is 21.4. The van der Waals surface area contributed by atoms with E-state index < -0.39 is 0 Å². The molecular formula is C28H22Cl2N6O2S2. The van der Waals surface area contributed by atoms with Gasteiger partial charge in [0.2, 0.25) is 0 Å². The fraction of sp³-hybridized carbons (Fsp3) is 0.143. The molecule has 0 bridgehead atoms. The molecule has 12 heteroatoms. The molecule has 0 atom stereocenters. The van der Waals surface area contributed by atoms with Crippen LogP contribution in [0.2, 0.25) is 10.0 Å². The van der Waals surface area contributed by atoms with Crippen LogP contribution in [0.5, 0.6) is 11.5 Å². The van der Waals surface area contributed by atoms with Crippen molar-refractivity contribution < 1.29 is 9.47 Å². The number of pyridine rings is 2. The highest BCUT2D eigenvalue weighted by atomic mass is 35.5. The Morgan fingerprint density at radius 3 is 1.55 bits per heavy atom. The number of halogens is 2. The van der Waals surface area contributed by atoms with Crippen molar-refractivity contribution >= 4 is 68.8 Å². The van der Waals surface area contributed by atoms with Crippen LogP contribution in [0.1, 0.15) is 11.4 Å². The summed E-state index contributed by atoms with van der Waals surface area (Å²) in [5, 5.41) is 2.68. The number of nitrogens with one attached hydrogen (secondary N) is 2. The highest BCUT2D eigenvalue weighted by Gasteiger charge is 2.14. The normalized spacial score (nSPS) is 11.4. The number of aromatic amines is 2. The molecule has 40 heavy (non-hydrogen) atoms. The minimum atomic E-state index is 0.542. The molecular weight excluding hydrogens is 587 g/mol. The molecule has 2 N–H and O–H groups in total. The second-order valence-electron chi connectivity index (χ2n) is 8.67. The Morgan fingerprint density at radius 1 is 0.675 bits per heavy atom. The molecule has 202 valence electrons. The van der Waals surface area contributed by atoms with Crippen molar-refractivity contribution in [2.24, 2.45) is 0 Å². The Bertz CT molecular complexity index is 1710. The number of rotatable bonds is 9. The summed E-state index contributed by atoms with van der Waals surface area (Å²) in [4.78, 5) is 25.1. The van der Waals surface area contributed by atoms with Gasteiger partial charge in [-0.3, -0.25) is 9.97 Å². The zero-order chi connectivity index (χ0) is 27.6. The minimum Gasteiger partial charge on any atom is -0.493 e. The van der Waals surface area contributed by atoms with E-state index in [1.54, 1.807) is 62.3 Å². The van der Waals surface area contributed by atoms with Gasteiger partial charge in [-0.25, -0.2) is 9.97 Å². The lowest BCUT2D eigenvalue weighted by molar-refractivity contribution is 0.409. The summed E-state index contributed by atoms with van der Waals surface area (Å²) in [7, 11) is 3.19. The van der Waals surface area contributed by atoms with E-state index in [1.807, 2.05) is 12.1 Å². The first kappa shape index (κ1) is 26.8. The van der Waals surface area contributed by atoms with E-state index in [2.05, 4.69) is 44.2 Å². The Morgan fingerprint density at radius 2 is 1.12 bits per heavy atom. The molecule has 4 heterocycles. The van der Waals surface area contributed by atoms with E-state index in [0.29, 0.717) is 33.0 Å². The number of methoxy groups -OCH3 is 2. The van der Waals surface area contributed by atoms with Crippen molar-refractivity contribution in [2.45, 2.75) is 21.8 Å². The van der Waals surface area contributed by atoms with Gasteiger partial charge in [-0.2, -0.15) is 0 Å². The first-order valence-electron chi connectivity index (χ1n) is 12.1. The molecule has 6 rings (SSSR count). The quantitative estimate of drug-likeness (QED) is 0.160. The number of fused-ring (bicyclic) bond motifs is 2. The van der Waals surface area contributed by atoms with Gasteiger partial charge in [0.05, 0.1) is 57.7 Å². The zero-order valence-corrected chi connectivity index (χ0v) is 24.5. The van der Waals surface area contributed by atoms with E-state index in [9.17, 15) is 0 Å². The summed E-state index contributed by atoms with van der Waals surface area (Å²) in [6.07, 6.45) is 3.36. The summed E-state index contributed by atoms with van der Waals surface area (Å²) in [6.45, 7) is 0. The number of hydrogen-bond donors (Lipinski definition) is 2. The lowest BCUT2D eigenvalue weighted by atomic mass is 10.0. The summed E-state index contributed by atoms with van der Waals surface area (Å²) in [5.41, 5.74) is 7.38. The number of thioether (sulfide) groups is 2. The lowest BCUT2D eigenvalue weighted by Crippen LogP contribution is -1.94. The highest BCUT2D eigenvalue weighted by molar-refractivity contribution is 7.98. The van der Waals surface area contributed by atoms with Gasteiger partial charge in [0, 0.05) is 23.9 Å². The molecule has 0 spiro atoms. The van der Waals surface area contributed by atoms with Gasteiger partial charge in [0.1, 0.15) is 0 Å². The van der Waals surface area contributed by atoms with Crippen LogP contribution < -0.4 is 9.47 Å². The summed E-state index contributed by atoms with van der Waals surface area (Å²) in [6, 6.07) is 15.8. The Balaban J connectivity index is 1.19. The van der Waals surface area contributed by atoms with Crippen LogP contribution in [-0.4, -0.2) is 44.1 Å². The third-order valence-corrected chi connectivity index (χ3v) is 8.58. The smallest absolute Gasteiger partial charge is 0.166 e. The molecule has 0 aliphatic carbocycles. The van der Waals surface area contributed by atoms with Gasteiger partial charge in [0.15, 0.2) is 21.8 Å². The molecule has 0 fully saturated rings. The van der Waals surface area contributed by atoms with Crippen molar-refractivity contribution in [3.05, 3.63) is 82.4 Å². The third-order valence-electron chi connectivity index (χ3n) is 6.21. The fourth-order valence-electron chi connectivity index (χ4n) is 4.31. The second kappa shape index (κ2) is 11.6. The van der Waals surface area contributed by atoms with Crippen molar-refractivity contribution in [2.75, 3.05) is 14.2 Å². The SMILES string of the molecule is COc1c(Cl)ccnc1CSc1nc2ccc(-c3ccc4nc(SCc5nccc(Cl)c5OC)[nH]c4c3)cc2[nH]1. The highest BCUT2D eigenvalue weighted by Crippen LogP contribution is 2.34. The Hall–Kier alpha value is -3.44. The average molecular weight is 610 g/mol. The van der Waals surface area contributed by atoms with Crippen molar-refractivity contribution in [3.8, 4) is 22.6 Å². The van der Waals surface area contributed by atoms with Gasteiger partial charge >= 0.3 is 0 Å². The summed E-state index contributed by atoms with van der Waals surface area (Å²) in [5.74, 6) is 2.33. The first-order chi connectivity index (χ1) is 19.5. The van der Waals surface area contributed by atoms with Gasteiger partial charge in [-0.1, -0.05) is 58.9 Å². The molecule has 0 saturated heterocycles. The fourth-order valence-corrected chi connectivity index (χ4v) is 6.44. The molecule has 0 aliphatic heterocycles. The van der Waals surface area contributed by atoms with Crippen LogP contribution in [0.15, 0.2) is 71.2 Å². The van der Waals surface area contributed by atoms with E-state index in [1.165, 1.54) is 0 Å². The summed E-state index contributed by atoms with van der Waals surface area (Å²) >= 11 is 15.6. The molecule has 0 radical (unpaired) electrons. The largest absolute Gasteiger partial charge is 0.493 e.